The van der Waals surface area contributed by atoms with Gasteiger partial charge in [0, 0.05) is 5.69 Å². The van der Waals surface area contributed by atoms with Crippen LogP contribution in [0, 0.1) is 13.8 Å². The first-order valence-corrected chi connectivity index (χ1v) is 9.45. The lowest BCUT2D eigenvalue weighted by atomic mass is 10.1. The van der Waals surface area contributed by atoms with Crippen LogP contribution < -0.4 is 15.0 Å². The van der Waals surface area contributed by atoms with Crippen molar-refractivity contribution in [2.75, 3.05) is 23.9 Å². The molecule has 2 aliphatic rings. The van der Waals surface area contributed by atoms with E-state index in [1.807, 2.05) is 19.9 Å². The van der Waals surface area contributed by atoms with Crippen molar-refractivity contribution in [3.05, 3.63) is 53.6 Å². The van der Waals surface area contributed by atoms with E-state index < -0.39 is 23.9 Å². The molecular formula is C21H21N5O4. The van der Waals surface area contributed by atoms with E-state index >= 15 is 0 Å². The van der Waals surface area contributed by atoms with Gasteiger partial charge in [0.05, 0.1) is 12.8 Å². The number of methoxy groups -OCH3 is 1. The summed E-state index contributed by atoms with van der Waals surface area (Å²) in [5.74, 6) is -0.569. The van der Waals surface area contributed by atoms with E-state index in [-0.39, 0.29) is 12.5 Å². The van der Waals surface area contributed by atoms with Crippen LogP contribution in [0.3, 0.4) is 0 Å². The van der Waals surface area contributed by atoms with Gasteiger partial charge in [-0.05, 0) is 61.4 Å². The Bertz CT molecular complexity index is 1050. The summed E-state index contributed by atoms with van der Waals surface area (Å²) >= 11 is 0. The second kappa shape index (κ2) is 7.58. The molecule has 1 fully saturated rings. The number of hydrogen-bond acceptors (Lipinski definition) is 7. The number of nitrogens with one attached hydrogen (secondary N) is 1. The van der Waals surface area contributed by atoms with E-state index in [2.05, 4.69) is 15.7 Å². The maximum atomic E-state index is 13.0. The van der Waals surface area contributed by atoms with Crippen LogP contribution in [-0.4, -0.2) is 48.5 Å². The summed E-state index contributed by atoms with van der Waals surface area (Å²) in [5, 5.41) is 11.9. The normalized spacial score (nSPS) is 20.0. The highest BCUT2D eigenvalue weighted by Crippen LogP contribution is 2.32. The Morgan fingerprint density at radius 1 is 1.07 bits per heavy atom. The van der Waals surface area contributed by atoms with Crippen molar-refractivity contribution < 1.29 is 19.1 Å². The van der Waals surface area contributed by atoms with Gasteiger partial charge >= 0.3 is 0 Å². The van der Waals surface area contributed by atoms with Crippen molar-refractivity contribution in [2.24, 2.45) is 10.3 Å². The summed E-state index contributed by atoms with van der Waals surface area (Å²) < 4.78 is 5.09. The molecule has 9 heteroatoms. The van der Waals surface area contributed by atoms with Crippen LogP contribution >= 0.6 is 0 Å². The lowest BCUT2D eigenvalue weighted by Crippen LogP contribution is -2.43. The second-order valence-corrected chi connectivity index (χ2v) is 7.25. The molecule has 0 radical (unpaired) electrons. The van der Waals surface area contributed by atoms with Crippen LogP contribution in [0.1, 0.15) is 11.1 Å². The quantitative estimate of drug-likeness (QED) is 0.766. The number of amides is 3. The molecule has 2 aromatic rings. The molecule has 3 amide bonds. The third-order valence-electron chi connectivity index (χ3n) is 5.29. The molecule has 2 heterocycles. The first-order chi connectivity index (χ1) is 14.4. The lowest BCUT2D eigenvalue weighted by molar-refractivity contribution is -0.123. The number of nitrogens with zero attached hydrogens (tertiary/aromatic N) is 4. The fraction of sp³-hybridized carbons (Fsp3) is 0.286. The summed E-state index contributed by atoms with van der Waals surface area (Å²) in [6.45, 7) is 3.68. The van der Waals surface area contributed by atoms with Crippen molar-refractivity contribution >= 4 is 29.1 Å². The minimum atomic E-state index is -0.937. The molecule has 30 heavy (non-hydrogen) atoms. The molecule has 0 saturated carbocycles. The molecule has 0 bridgehead atoms. The average molecular weight is 407 g/mol. The number of benzene rings is 2. The predicted octanol–water partition coefficient (Wildman–Crippen LogP) is 2.24. The highest BCUT2D eigenvalue weighted by molar-refractivity contribution is 6.25. The van der Waals surface area contributed by atoms with Crippen LogP contribution in [0.2, 0.25) is 0 Å². The fourth-order valence-corrected chi connectivity index (χ4v) is 3.49. The number of ether oxygens (including phenoxy) is 1. The van der Waals surface area contributed by atoms with Gasteiger partial charge in [-0.15, -0.1) is 0 Å². The predicted molar refractivity (Wildman–Crippen MR) is 109 cm³/mol. The minimum Gasteiger partial charge on any atom is -0.497 e. The first kappa shape index (κ1) is 19.6. The van der Waals surface area contributed by atoms with Crippen molar-refractivity contribution in [1.82, 2.24) is 5.01 Å². The maximum Gasteiger partial charge on any atom is 0.263 e. The molecule has 2 aromatic carbocycles. The molecule has 4 rings (SSSR count). The van der Waals surface area contributed by atoms with E-state index in [4.69, 9.17) is 4.74 Å². The van der Waals surface area contributed by atoms with Gasteiger partial charge in [0.1, 0.15) is 12.3 Å². The highest BCUT2D eigenvalue weighted by atomic mass is 16.5. The topological polar surface area (TPSA) is 104 Å². The van der Waals surface area contributed by atoms with Crippen molar-refractivity contribution in [2.45, 2.75) is 25.9 Å². The van der Waals surface area contributed by atoms with Crippen LogP contribution in [0.15, 0.2) is 52.8 Å². The fourth-order valence-electron chi connectivity index (χ4n) is 3.49. The molecule has 0 unspecified atom stereocenters. The molecule has 2 atom stereocenters. The summed E-state index contributed by atoms with van der Waals surface area (Å²) in [7, 11) is 1.56. The van der Waals surface area contributed by atoms with Crippen LogP contribution in [0.4, 0.5) is 11.4 Å². The maximum absolute atomic E-state index is 13.0. The summed E-state index contributed by atoms with van der Waals surface area (Å²) in [6, 6.07) is 10.4. The average Bonchev–Trinajstić information content (AvgIpc) is 3.24. The molecular weight excluding hydrogens is 386 g/mol. The highest BCUT2D eigenvalue weighted by Gasteiger charge is 2.55. The molecule has 1 saturated heterocycles. The number of imide groups is 1. The largest absolute Gasteiger partial charge is 0.497 e. The summed E-state index contributed by atoms with van der Waals surface area (Å²) in [6.07, 6.45) is 0. The van der Waals surface area contributed by atoms with Crippen molar-refractivity contribution in [3.8, 4) is 5.75 Å². The monoisotopic (exact) mass is 407 g/mol. The Morgan fingerprint density at radius 3 is 2.47 bits per heavy atom. The van der Waals surface area contributed by atoms with E-state index in [0.717, 1.165) is 16.0 Å². The molecule has 9 nitrogen and oxygen atoms in total. The Kier molecular flexibility index (Phi) is 4.94. The van der Waals surface area contributed by atoms with Crippen molar-refractivity contribution in [1.29, 1.82) is 0 Å². The number of fused-ring (bicyclic) bond motifs is 1. The number of carbonyl (C=O) groups is 3. The van der Waals surface area contributed by atoms with Gasteiger partial charge in [0.25, 0.3) is 11.8 Å². The third-order valence-corrected chi connectivity index (χ3v) is 5.29. The molecule has 2 aliphatic heterocycles. The van der Waals surface area contributed by atoms with Gasteiger partial charge in [-0.3, -0.25) is 19.4 Å². The lowest BCUT2D eigenvalue weighted by Gasteiger charge is -2.20. The Balaban J connectivity index is 1.47. The van der Waals surface area contributed by atoms with Crippen molar-refractivity contribution in [3.63, 3.8) is 0 Å². The van der Waals surface area contributed by atoms with E-state index in [0.29, 0.717) is 17.1 Å². The summed E-state index contributed by atoms with van der Waals surface area (Å²) in [4.78, 5) is 39.4. The molecule has 154 valence electrons. The van der Waals surface area contributed by atoms with E-state index in [9.17, 15) is 14.4 Å². The zero-order chi connectivity index (χ0) is 21.4. The molecule has 0 spiro atoms. The van der Waals surface area contributed by atoms with Gasteiger partial charge < -0.3 is 10.1 Å². The second-order valence-electron chi connectivity index (χ2n) is 7.25. The van der Waals surface area contributed by atoms with E-state index in [1.165, 1.54) is 5.01 Å². The number of anilines is 2. The van der Waals surface area contributed by atoms with Gasteiger partial charge in [0.15, 0.2) is 12.1 Å². The minimum absolute atomic E-state index is 0.198. The molecule has 0 aliphatic carbocycles. The van der Waals surface area contributed by atoms with Gasteiger partial charge in [-0.25, -0.2) is 4.90 Å². The third kappa shape index (κ3) is 3.38. The number of hydrogen-bond donors (Lipinski definition) is 1. The van der Waals surface area contributed by atoms with Gasteiger partial charge in [-0.2, -0.15) is 5.11 Å². The first-order valence-electron chi connectivity index (χ1n) is 9.45. The number of rotatable bonds is 5. The molecule has 0 aromatic heterocycles. The zero-order valence-electron chi connectivity index (χ0n) is 16.8. The van der Waals surface area contributed by atoms with Crippen LogP contribution in [0.5, 0.6) is 5.75 Å². The van der Waals surface area contributed by atoms with Crippen LogP contribution in [0.25, 0.3) is 0 Å². The Labute approximate surface area is 173 Å². The molecule has 1 N–H and O–H groups in total. The standard InChI is InChI=1S/C21H21N5O4/c1-12-4-7-15(10-13(12)2)26-20(28)18-19(21(26)29)25(24-23-18)11-17(27)22-14-5-8-16(30-3)9-6-14/h4-10,18-19H,11H2,1-3H3,(H,22,27)/t18-,19+/m0/s1. The van der Waals surface area contributed by atoms with E-state index in [1.54, 1.807) is 43.5 Å². The SMILES string of the molecule is COc1ccc(NC(=O)CN2N=N[C@@H]3C(=O)N(c4ccc(C)c(C)c4)C(=O)[C@@H]32)cc1. The Hall–Kier alpha value is -3.75. The number of carbonyl (C=O) groups excluding carboxylic acids is 3. The van der Waals surface area contributed by atoms with Gasteiger partial charge in [0.2, 0.25) is 5.91 Å². The summed E-state index contributed by atoms with van der Waals surface area (Å²) in [5.41, 5.74) is 3.12. The smallest absolute Gasteiger partial charge is 0.263 e. The number of aryl methyl sites for hydroxylation is 2. The zero-order valence-corrected chi connectivity index (χ0v) is 16.8. The van der Waals surface area contributed by atoms with Gasteiger partial charge in [-0.1, -0.05) is 11.3 Å². The Morgan fingerprint density at radius 2 is 1.80 bits per heavy atom. The van der Waals surface area contributed by atoms with Crippen LogP contribution in [-0.2, 0) is 14.4 Å².